The van der Waals surface area contributed by atoms with Gasteiger partial charge in [-0.3, -0.25) is 9.79 Å². The summed E-state index contributed by atoms with van der Waals surface area (Å²) in [5.74, 6) is 1.40. The van der Waals surface area contributed by atoms with Gasteiger partial charge in [0, 0.05) is 19.5 Å². The van der Waals surface area contributed by atoms with Gasteiger partial charge in [-0.1, -0.05) is 0 Å². The molecule has 0 radical (unpaired) electrons. The van der Waals surface area contributed by atoms with Gasteiger partial charge in [0.25, 0.3) is 0 Å². The van der Waals surface area contributed by atoms with Crippen LogP contribution in [0.4, 0.5) is 0 Å². The lowest BCUT2D eigenvalue weighted by molar-refractivity contribution is -0.147. The van der Waals surface area contributed by atoms with Crippen LogP contribution in [0.1, 0.15) is 33.0 Å². The fourth-order valence-electron chi connectivity index (χ4n) is 1.68. The summed E-state index contributed by atoms with van der Waals surface area (Å²) in [6.45, 7) is 7.56. The Bertz CT molecular complexity index is 427. The Kier molecular flexibility index (Phi) is 8.01. The second kappa shape index (κ2) is 9.85. The lowest BCUT2D eigenvalue weighted by Crippen LogP contribution is -2.38. The fourth-order valence-corrected chi connectivity index (χ4v) is 1.68. The average molecular weight is 295 g/mol. The Balaban J connectivity index is 2.30. The minimum atomic E-state index is -0.222. The van der Waals surface area contributed by atoms with Crippen molar-refractivity contribution >= 4 is 11.9 Å². The number of carbonyl (C=O) groups is 1. The molecule has 0 bridgehead atoms. The molecule has 1 aromatic rings. The van der Waals surface area contributed by atoms with Crippen LogP contribution in [0.3, 0.4) is 0 Å². The number of esters is 1. The van der Waals surface area contributed by atoms with E-state index in [-0.39, 0.29) is 18.5 Å². The van der Waals surface area contributed by atoms with Crippen LogP contribution in [-0.2, 0) is 16.0 Å². The third-order valence-corrected chi connectivity index (χ3v) is 2.54. The van der Waals surface area contributed by atoms with E-state index >= 15 is 0 Å². The van der Waals surface area contributed by atoms with E-state index in [1.54, 1.807) is 6.26 Å². The molecule has 0 aliphatic carbocycles. The minimum absolute atomic E-state index is 0.0823. The molecule has 0 saturated carbocycles. The summed E-state index contributed by atoms with van der Waals surface area (Å²) in [4.78, 5) is 15.8. The zero-order valence-corrected chi connectivity index (χ0v) is 13.0. The molecule has 0 aliphatic rings. The van der Waals surface area contributed by atoms with E-state index < -0.39 is 0 Å². The molecule has 0 aliphatic heterocycles. The molecule has 0 spiro atoms. The van der Waals surface area contributed by atoms with Crippen molar-refractivity contribution in [1.29, 1.82) is 0 Å². The van der Waals surface area contributed by atoms with Gasteiger partial charge < -0.3 is 19.8 Å². The van der Waals surface area contributed by atoms with Gasteiger partial charge in [0.2, 0.25) is 0 Å². The summed E-state index contributed by atoms with van der Waals surface area (Å²) in [5, 5.41) is 6.33. The number of rotatable bonds is 8. The summed E-state index contributed by atoms with van der Waals surface area (Å²) in [7, 11) is 0. The molecule has 118 valence electrons. The van der Waals surface area contributed by atoms with E-state index in [0.29, 0.717) is 12.5 Å². The maximum atomic E-state index is 11.4. The highest BCUT2D eigenvalue weighted by molar-refractivity contribution is 5.80. The van der Waals surface area contributed by atoms with Gasteiger partial charge in [0.15, 0.2) is 5.96 Å². The van der Waals surface area contributed by atoms with Crippen LogP contribution in [0, 0.1) is 0 Å². The Morgan fingerprint density at radius 3 is 2.86 bits per heavy atom. The number of guanidine groups is 1. The van der Waals surface area contributed by atoms with Crippen molar-refractivity contribution < 1.29 is 13.9 Å². The van der Waals surface area contributed by atoms with Gasteiger partial charge >= 0.3 is 5.97 Å². The van der Waals surface area contributed by atoms with Crippen molar-refractivity contribution in [3.05, 3.63) is 24.2 Å². The molecule has 2 N–H and O–H groups in total. The normalized spacial score (nSPS) is 11.5. The van der Waals surface area contributed by atoms with E-state index in [4.69, 9.17) is 9.15 Å². The number of ether oxygens (including phenoxy) is 1. The van der Waals surface area contributed by atoms with Gasteiger partial charge in [-0.15, -0.1) is 0 Å². The summed E-state index contributed by atoms with van der Waals surface area (Å²) in [6.07, 6.45) is 2.65. The maximum Gasteiger partial charge on any atom is 0.307 e. The molecule has 0 fully saturated rings. The SMILES string of the molecule is CCNC(=NCCC(=O)OC(C)C)NCCc1ccco1. The van der Waals surface area contributed by atoms with Crippen LogP contribution >= 0.6 is 0 Å². The van der Waals surface area contributed by atoms with Gasteiger partial charge in [0.1, 0.15) is 5.76 Å². The third kappa shape index (κ3) is 8.02. The molecule has 6 heteroatoms. The summed E-state index contributed by atoms with van der Waals surface area (Å²) >= 11 is 0. The monoisotopic (exact) mass is 295 g/mol. The zero-order chi connectivity index (χ0) is 15.5. The van der Waals surface area contributed by atoms with Crippen LogP contribution < -0.4 is 10.6 Å². The minimum Gasteiger partial charge on any atom is -0.469 e. The summed E-state index contributed by atoms with van der Waals surface area (Å²) in [5.41, 5.74) is 0. The second-order valence-corrected chi connectivity index (χ2v) is 4.81. The van der Waals surface area contributed by atoms with Gasteiger partial charge in [-0.05, 0) is 32.9 Å². The fraction of sp³-hybridized carbons (Fsp3) is 0.600. The molecule has 1 rings (SSSR count). The molecular formula is C15H25N3O3. The molecule has 0 unspecified atom stereocenters. The van der Waals surface area contributed by atoms with E-state index in [1.165, 1.54) is 0 Å². The number of nitrogens with zero attached hydrogens (tertiary/aromatic N) is 1. The Morgan fingerprint density at radius 2 is 2.24 bits per heavy atom. The number of carbonyl (C=O) groups excluding carboxylic acids is 1. The van der Waals surface area contributed by atoms with Gasteiger partial charge in [-0.25, -0.2) is 0 Å². The van der Waals surface area contributed by atoms with Gasteiger partial charge in [0.05, 0.1) is 25.3 Å². The Hall–Kier alpha value is -1.98. The van der Waals surface area contributed by atoms with Gasteiger partial charge in [-0.2, -0.15) is 0 Å². The predicted molar refractivity (Wildman–Crippen MR) is 82.2 cm³/mol. The van der Waals surface area contributed by atoms with Crippen molar-refractivity contribution in [3.63, 3.8) is 0 Å². The molecule has 6 nitrogen and oxygen atoms in total. The van der Waals surface area contributed by atoms with Crippen molar-refractivity contribution in [3.8, 4) is 0 Å². The highest BCUT2D eigenvalue weighted by Crippen LogP contribution is 1.99. The number of furan rings is 1. The lowest BCUT2D eigenvalue weighted by Gasteiger charge is -2.11. The van der Waals surface area contributed by atoms with Crippen molar-refractivity contribution in [2.24, 2.45) is 4.99 Å². The maximum absolute atomic E-state index is 11.4. The molecule has 0 aromatic carbocycles. The largest absolute Gasteiger partial charge is 0.469 e. The quantitative estimate of drug-likeness (QED) is 0.434. The van der Waals surface area contributed by atoms with E-state index in [9.17, 15) is 4.79 Å². The van der Waals surface area contributed by atoms with Crippen molar-refractivity contribution in [2.75, 3.05) is 19.6 Å². The van der Waals surface area contributed by atoms with Crippen LogP contribution in [0.2, 0.25) is 0 Å². The summed E-state index contributed by atoms with van der Waals surface area (Å²) in [6, 6.07) is 3.81. The number of hydrogen-bond acceptors (Lipinski definition) is 4. The smallest absolute Gasteiger partial charge is 0.307 e. The number of aliphatic imine (C=N–C) groups is 1. The highest BCUT2D eigenvalue weighted by atomic mass is 16.5. The van der Waals surface area contributed by atoms with Crippen LogP contribution in [0.5, 0.6) is 0 Å². The topological polar surface area (TPSA) is 75.9 Å². The van der Waals surface area contributed by atoms with Crippen LogP contribution in [-0.4, -0.2) is 37.7 Å². The highest BCUT2D eigenvalue weighted by Gasteiger charge is 2.05. The van der Waals surface area contributed by atoms with Crippen LogP contribution in [0.15, 0.2) is 27.8 Å². The molecule has 21 heavy (non-hydrogen) atoms. The van der Waals surface area contributed by atoms with E-state index in [0.717, 1.165) is 25.3 Å². The standard InChI is InChI=1S/C15H25N3O3/c1-4-16-15(17-9-7-13-6-5-11-20-13)18-10-8-14(19)21-12(2)3/h5-6,11-12H,4,7-10H2,1-3H3,(H2,16,17,18). The molecule has 0 atom stereocenters. The predicted octanol–water partition coefficient (Wildman–Crippen LogP) is 1.72. The average Bonchev–Trinajstić information content (AvgIpc) is 2.91. The summed E-state index contributed by atoms with van der Waals surface area (Å²) < 4.78 is 10.3. The van der Waals surface area contributed by atoms with Crippen LogP contribution in [0.25, 0.3) is 0 Å². The molecule has 1 aromatic heterocycles. The third-order valence-electron chi connectivity index (χ3n) is 2.54. The first-order valence-electron chi connectivity index (χ1n) is 7.35. The first-order valence-corrected chi connectivity index (χ1v) is 7.35. The lowest BCUT2D eigenvalue weighted by atomic mass is 10.3. The molecule has 0 saturated heterocycles. The zero-order valence-electron chi connectivity index (χ0n) is 13.0. The molecular weight excluding hydrogens is 270 g/mol. The first-order chi connectivity index (χ1) is 10.1. The van der Waals surface area contributed by atoms with E-state index in [2.05, 4.69) is 15.6 Å². The molecule has 1 heterocycles. The number of hydrogen-bond donors (Lipinski definition) is 2. The Morgan fingerprint density at radius 1 is 1.43 bits per heavy atom. The van der Waals surface area contributed by atoms with Crippen molar-refractivity contribution in [2.45, 2.75) is 39.7 Å². The van der Waals surface area contributed by atoms with Crippen molar-refractivity contribution in [1.82, 2.24) is 10.6 Å². The Labute approximate surface area is 126 Å². The second-order valence-electron chi connectivity index (χ2n) is 4.81. The molecule has 0 amide bonds. The van der Waals surface area contributed by atoms with E-state index in [1.807, 2.05) is 32.9 Å². The first kappa shape index (κ1) is 17.1. The number of nitrogens with one attached hydrogen (secondary N) is 2.